The minimum Gasteiger partial charge on any atom is -0.304 e. The minimum absolute atomic E-state index is 0.0464. The number of hydrogen-bond acceptors (Lipinski definition) is 3. The van der Waals surface area contributed by atoms with Crippen LogP contribution in [0.4, 0.5) is 10.1 Å². The van der Waals surface area contributed by atoms with E-state index >= 15 is 0 Å². The molecule has 0 radical (unpaired) electrons. The Morgan fingerprint density at radius 2 is 2.00 bits per heavy atom. The van der Waals surface area contributed by atoms with E-state index in [9.17, 15) is 9.18 Å². The molecule has 0 fully saturated rings. The van der Waals surface area contributed by atoms with Gasteiger partial charge in [-0.1, -0.05) is 0 Å². The lowest BCUT2D eigenvalue weighted by Crippen LogP contribution is -2.37. The van der Waals surface area contributed by atoms with E-state index < -0.39 is 0 Å². The molecule has 2 aromatic heterocycles. The molecule has 0 atom stereocenters. The second kappa shape index (κ2) is 6.12. The first-order valence-electron chi connectivity index (χ1n) is 7.35. The molecule has 4 nitrogen and oxygen atoms in total. The third-order valence-electron chi connectivity index (χ3n) is 3.55. The van der Waals surface area contributed by atoms with Crippen molar-refractivity contribution in [3.63, 3.8) is 0 Å². The number of carbonyl (C=O) groups excluding carboxylic acids is 1. The predicted octanol–water partition coefficient (Wildman–Crippen LogP) is 3.82. The summed E-state index contributed by atoms with van der Waals surface area (Å²) in [6.45, 7) is 3.86. The smallest absolute Gasteiger partial charge is 0.260 e. The van der Waals surface area contributed by atoms with E-state index in [4.69, 9.17) is 0 Å². The highest BCUT2D eigenvalue weighted by molar-refractivity contribution is 6.07. The van der Waals surface area contributed by atoms with Crippen molar-refractivity contribution in [1.29, 1.82) is 0 Å². The Morgan fingerprint density at radius 1 is 1.17 bits per heavy atom. The lowest BCUT2D eigenvalue weighted by atomic mass is 10.1. The molecule has 0 aliphatic carbocycles. The van der Waals surface area contributed by atoms with Crippen LogP contribution in [-0.4, -0.2) is 21.9 Å². The zero-order valence-electron chi connectivity index (χ0n) is 12.9. The minimum atomic E-state index is -0.350. The van der Waals surface area contributed by atoms with E-state index in [1.165, 1.54) is 18.3 Å². The van der Waals surface area contributed by atoms with Crippen LogP contribution in [0.1, 0.15) is 24.2 Å². The van der Waals surface area contributed by atoms with Crippen molar-refractivity contribution in [3.05, 3.63) is 66.4 Å². The van der Waals surface area contributed by atoms with Gasteiger partial charge in [-0.15, -0.1) is 0 Å². The number of benzene rings is 1. The van der Waals surface area contributed by atoms with Crippen LogP contribution < -0.4 is 4.90 Å². The number of amides is 1. The lowest BCUT2D eigenvalue weighted by Gasteiger charge is -2.26. The highest BCUT2D eigenvalue weighted by Gasteiger charge is 2.21. The zero-order chi connectivity index (χ0) is 16.4. The molecule has 0 aliphatic heterocycles. The van der Waals surface area contributed by atoms with Crippen LogP contribution in [0.25, 0.3) is 10.9 Å². The van der Waals surface area contributed by atoms with Crippen molar-refractivity contribution in [2.45, 2.75) is 19.9 Å². The molecule has 0 aliphatic rings. The summed E-state index contributed by atoms with van der Waals surface area (Å²) in [5.41, 5.74) is 1.79. The number of halogens is 1. The molecule has 116 valence electrons. The summed E-state index contributed by atoms with van der Waals surface area (Å²) in [7, 11) is 0. The van der Waals surface area contributed by atoms with Gasteiger partial charge in [0, 0.05) is 23.8 Å². The molecule has 23 heavy (non-hydrogen) atoms. The van der Waals surface area contributed by atoms with Crippen LogP contribution in [0.15, 0.2) is 55.0 Å². The molecule has 0 unspecified atom stereocenters. The average molecular weight is 309 g/mol. The first-order valence-corrected chi connectivity index (χ1v) is 7.35. The average Bonchev–Trinajstić information content (AvgIpc) is 2.55. The Morgan fingerprint density at radius 3 is 2.70 bits per heavy atom. The molecule has 5 heteroatoms. The third-order valence-corrected chi connectivity index (χ3v) is 3.55. The van der Waals surface area contributed by atoms with Gasteiger partial charge in [0.1, 0.15) is 5.82 Å². The number of hydrogen-bond donors (Lipinski definition) is 0. The van der Waals surface area contributed by atoms with Crippen LogP contribution in [0.3, 0.4) is 0 Å². The van der Waals surface area contributed by atoms with Gasteiger partial charge in [-0.3, -0.25) is 14.8 Å². The summed E-state index contributed by atoms with van der Waals surface area (Å²) in [5.74, 6) is -0.538. The van der Waals surface area contributed by atoms with E-state index in [-0.39, 0.29) is 17.8 Å². The van der Waals surface area contributed by atoms with Crippen LogP contribution in [0.2, 0.25) is 0 Å². The molecule has 1 amide bonds. The van der Waals surface area contributed by atoms with Gasteiger partial charge in [0.25, 0.3) is 5.91 Å². The summed E-state index contributed by atoms with van der Waals surface area (Å²) in [4.78, 5) is 22.8. The van der Waals surface area contributed by atoms with Crippen LogP contribution in [0.5, 0.6) is 0 Å². The first kappa shape index (κ1) is 15.1. The summed E-state index contributed by atoms with van der Waals surface area (Å²) in [6, 6.07) is 9.57. The molecular formula is C18H16FN3O. The first-order chi connectivity index (χ1) is 11.1. The van der Waals surface area contributed by atoms with Gasteiger partial charge in [-0.25, -0.2) is 4.39 Å². The van der Waals surface area contributed by atoms with Gasteiger partial charge < -0.3 is 4.90 Å². The predicted molar refractivity (Wildman–Crippen MR) is 87.9 cm³/mol. The molecular weight excluding hydrogens is 293 g/mol. The summed E-state index contributed by atoms with van der Waals surface area (Å²) in [5, 5.41) is 0.603. The van der Waals surface area contributed by atoms with E-state index in [0.717, 1.165) is 0 Å². The highest BCUT2D eigenvalue weighted by atomic mass is 19.1. The Balaban J connectivity index is 2.03. The topological polar surface area (TPSA) is 46.1 Å². The monoisotopic (exact) mass is 309 g/mol. The molecule has 0 saturated carbocycles. The molecule has 3 aromatic rings. The van der Waals surface area contributed by atoms with Crippen molar-refractivity contribution in [3.8, 4) is 0 Å². The molecule has 3 rings (SSSR count). The maximum absolute atomic E-state index is 13.4. The Labute approximate surface area is 133 Å². The number of fused-ring (bicyclic) bond motifs is 1. The van der Waals surface area contributed by atoms with Gasteiger partial charge in [-0.05, 0) is 50.2 Å². The number of anilines is 1. The second-order valence-electron chi connectivity index (χ2n) is 5.54. The highest BCUT2D eigenvalue weighted by Crippen LogP contribution is 2.21. The Bertz CT molecular complexity index is 849. The van der Waals surface area contributed by atoms with Gasteiger partial charge in [0.2, 0.25) is 0 Å². The molecule has 0 bridgehead atoms. The molecule has 0 N–H and O–H groups in total. The number of rotatable bonds is 3. The second-order valence-corrected chi connectivity index (χ2v) is 5.54. The largest absolute Gasteiger partial charge is 0.304 e. The molecule has 0 spiro atoms. The molecule has 1 aromatic carbocycles. The van der Waals surface area contributed by atoms with Crippen LogP contribution in [-0.2, 0) is 0 Å². The summed E-state index contributed by atoms with van der Waals surface area (Å²) in [6.07, 6.45) is 4.83. The van der Waals surface area contributed by atoms with E-state index in [0.29, 0.717) is 22.2 Å². The van der Waals surface area contributed by atoms with Gasteiger partial charge >= 0.3 is 0 Å². The van der Waals surface area contributed by atoms with Crippen LogP contribution in [0, 0.1) is 5.82 Å². The fourth-order valence-electron chi connectivity index (χ4n) is 2.50. The van der Waals surface area contributed by atoms with Crippen molar-refractivity contribution < 1.29 is 9.18 Å². The molecule has 0 saturated heterocycles. The maximum Gasteiger partial charge on any atom is 0.260 e. The fraction of sp³-hybridized carbons (Fsp3) is 0.167. The van der Waals surface area contributed by atoms with Crippen molar-refractivity contribution in [1.82, 2.24) is 9.97 Å². The number of aromatic nitrogens is 2. The quantitative estimate of drug-likeness (QED) is 0.739. The normalized spacial score (nSPS) is 11.0. The number of pyridine rings is 2. The van der Waals surface area contributed by atoms with E-state index in [2.05, 4.69) is 9.97 Å². The molecule has 2 heterocycles. The zero-order valence-corrected chi connectivity index (χ0v) is 12.9. The standard InChI is InChI=1S/C18H16FN3O/c1-12(2)22(16-4-3-7-20-11-16)18(23)14-8-13-9-15(19)5-6-17(13)21-10-14/h3-12H,1-2H3. The van der Waals surface area contributed by atoms with E-state index in [1.807, 2.05) is 19.9 Å². The van der Waals surface area contributed by atoms with Crippen LogP contribution >= 0.6 is 0 Å². The van der Waals surface area contributed by atoms with Crippen molar-refractivity contribution in [2.75, 3.05) is 4.90 Å². The summed E-state index contributed by atoms with van der Waals surface area (Å²) >= 11 is 0. The van der Waals surface area contributed by atoms with Gasteiger partial charge in [0.05, 0.1) is 23.0 Å². The summed E-state index contributed by atoms with van der Waals surface area (Å²) < 4.78 is 13.4. The van der Waals surface area contributed by atoms with Gasteiger partial charge in [-0.2, -0.15) is 0 Å². The fourth-order valence-corrected chi connectivity index (χ4v) is 2.50. The van der Waals surface area contributed by atoms with E-state index in [1.54, 1.807) is 35.5 Å². The SMILES string of the molecule is CC(C)N(C(=O)c1cnc2ccc(F)cc2c1)c1cccnc1. The lowest BCUT2D eigenvalue weighted by molar-refractivity contribution is 0.0980. The maximum atomic E-state index is 13.4. The number of nitrogens with zero attached hydrogens (tertiary/aromatic N) is 3. The number of carbonyl (C=O) groups is 1. The Kier molecular flexibility index (Phi) is 4.02. The van der Waals surface area contributed by atoms with Crippen molar-refractivity contribution in [2.24, 2.45) is 0 Å². The Hall–Kier alpha value is -2.82. The van der Waals surface area contributed by atoms with Crippen molar-refractivity contribution >= 4 is 22.5 Å². The third kappa shape index (κ3) is 3.04. The van der Waals surface area contributed by atoms with Gasteiger partial charge in [0.15, 0.2) is 0 Å².